The second kappa shape index (κ2) is 8.28. The Bertz CT molecular complexity index is 723. The largest absolute Gasteiger partial charge is 0.416 e. The third kappa shape index (κ3) is 4.88. The zero-order valence-electron chi connectivity index (χ0n) is 14.1. The van der Waals surface area contributed by atoms with Crippen LogP contribution in [0.2, 0.25) is 0 Å². The third-order valence-corrected chi connectivity index (χ3v) is 4.28. The molecule has 2 atom stereocenters. The van der Waals surface area contributed by atoms with Crippen LogP contribution in [-0.2, 0) is 17.1 Å². The lowest BCUT2D eigenvalue weighted by molar-refractivity contribution is -0.138. The average Bonchev–Trinajstić information content (AvgIpc) is 2.62. The summed E-state index contributed by atoms with van der Waals surface area (Å²) >= 11 is 0. The zero-order chi connectivity index (χ0) is 21.1. The van der Waals surface area contributed by atoms with E-state index in [0.717, 1.165) is 24.3 Å². The summed E-state index contributed by atoms with van der Waals surface area (Å²) in [6.07, 6.45) is -9.23. The van der Waals surface area contributed by atoms with Crippen LogP contribution in [0.4, 0.5) is 35.1 Å². The van der Waals surface area contributed by atoms with E-state index in [1.165, 1.54) is 0 Å². The van der Waals surface area contributed by atoms with E-state index in [1.807, 2.05) is 0 Å². The molecule has 1 nitrogen and oxygen atoms in total. The van der Waals surface area contributed by atoms with Gasteiger partial charge in [0.15, 0.2) is 5.78 Å². The van der Waals surface area contributed by atoms with E-state index in [9.17, 15) is 39.9 Å². The maximum Gasteiger partial charge on any atom is 0.416 e. The van der Waals surface area contributed by atoms with Crippen molar-refractivity contribution in [3.63, 3.8) is 0 Å². The maximum atomic E-state index is 13.4. The number of halogens is 8. The van der Waals surface area contributed by atoms with E-state index in [-0.39, 0.29) is 11.1 Å². The Balaban J connectivity index is 2.29. The van der Waals surface area contributed by atoms with Crippen molar-refractivity contribution in [2.75, 3.05) is 13.3 Å². The molecular formula is C19H14F8O. The smallest absolute Gasteiger partial charge is 0.298 e. The first kappa shape index (κ1) is 21.8. The van der Waals surface area contributed by atoms with Crippen molar-refractivity contribution in [3.05, 3.63) is 70.8 Å². The van der Waals surface area contributed by atoms with Crippen LogP contribution >= 0.6 is 0 Å². The van der Waals surface area contributed by atoms with E-state index < -0.39 is 54.4 Å². The molecule has 0 aliphatic carbocycles. The van der Waals surface area contributed by atoms with E-state index >= 15 is 0 Å². The van der Waals surface area contributed by atoms with Crippen LogP contribution in [0.15, 0.2) is 48.5 Å². The normalized spacial score (nSPS) is 14.6. The standard InChI is InChI=1S/C19H14F8O/c20-9-15(11-1-5-13(6-2-11)18(22,23)24)17(28)16(10-21)12-3-7-14(8-4-12)19(25,26)27/h1-8,15-16H,9-10H2. The summed E-state index contributed by atoms with van der Waals surface area (Å²) in [4.78, 5) is 12.5. The summed E-state index contributed by atoms with van der Waals surface area (Å²) in [7, 11) is 0. The Morgan fingerprint density at radius 2 is 0.929 bits per heavy atom. The van der Waals surface area contributed by atoms with Gasteiger partial charge < -0.3 is 0 Å². The van der Waals surface area contributed by atoms with Crippen molar-refractivity contribution in [3.8, 4) is 0 Å². The number of ketones is 1. The number of hydrogen-bond donors (Lipinski definition) is 0. The fraction of sp³-hybridized carbons (Fsp3) is 0.316. The quantitative estimate of drug-likeness (QED) is 0.526. The minimum atomic E-state index is -4.62. The van der Waals surface area contributed by atoms with Gasteiger partial charge in [0, 0.05) is 0 Å². The van der Waals surface area contributed by atoms with Gasteiger partial charge in [0.25, 0.3) is 0 Å². The highest BCUT2D eigenvalue weighted by Crippen LogP contribution is 2.34. The molecule has 2 unspecified atom stereocenters. The Kier molecular flexibility index (Phi) is 6.46. The van der Waals surface area contributed by atoms with Crippen LogP contribution in [0.25, 0.3) is 0 Å². The van der Waals surface area contributed by atoms with Gasteiger partial charge in [0.1, 0.15) is 13.3 Å². The summed E-state index contributed by atoms with van der Waals surface area (Å²) < 4.78 is 103. The van der Waals surface area contributed by atoms with Gasteiger partial charge in [-0.2, -0.15) is 26.3 Å². The van der Waals surface area contributed by atoms with Gasteiger partial charge in [-0.05, 0) is 35.4 Å². The second-order valence-electron chi connectivity index (χ2n) is 6.06. The molecule has 2 aromatic rings. The summed E-state index contributed by atoms with van der Waals surface area (Å²) in [6, 6.07) is 6.39. The molecule has 0 aliphatic heterocycles. The first-order chi connectivity index (χ1) is 13.0. The summed E-state index contributed by atoms with van der Waals surface area (Å²) in [5, 5.41) is 0. The SMILES string of the molecule is O=C(C(CF)c1ccc(C(F)(F)F)cc1)C(CF)c1ccc(C(F)(F)F)cc1. The van der Waals surface area contributed by atoms with Crippen LogP contribution < -0.4 is 0 Å². The predicted molar refractivity (Wildman–Crippen MR) is 85.3 cm³/mol. The molecule has 0 aromatic heterocycles. The Labute approximate surface area is 155 Å². The molecule has 0 fully saturated rings. The molecule has 28 heavy (non-hydrogen) atoms. The lowest BCUT2D eigenvalue weighted by Gasteiger charge is -2.20. The molecule has 0 radical (unpaired) electrons. The van der Waals surface area contributed by atoms with E-state index in [4.69, 9.17) is 0 Å². The van der Waals surface area contributed by atoms with Gasteiger partial charge >= 0.3 is 12.4 Å². The second-order valence-corrected chi connectivity index (χ2v) is 6.06. The van der Waals surface area contributed by atoms with Crippen molar-refractivity contribution >= 4 is 5.78 Å². The van der Waals surface area contributed by atoms with E-state index in [0.29, 0.717) is 24.3 Å². The number of alkyl halides is 8. The number of Topliss-reactive ketones (excluding diaryl/α,β-unsaturated/α-hetero) is 1. The minimum Gasteiger partial charge on any atom is -0.298 e. The molecule has 0 aliphatic rings. The number of benzene rings is 2. The first-order valence-electron chi connectivity index (χ1n) is 7.99. The molecule has 0 bridgehead atoms. The van der Waals surface area contributed by atoms with Crippen molar-refractivity contribution in [1.82, 2.24) is 0 Å². The van der Waals surface area contributed by atoms with Crippen LogP contribution in [-0.4, -0.2) is 19.1 Å². The summed E-state index contributed by atoms with van der Waals surface area (Å²) in [6.45, 7) is -2.58. The predicted octanol–water partition coefficient (Wildman–Crippen LogP) is 6.10. The van der Waals surface area contributed by atoms with Gasteiger partial charge in [-0.25, -0.2) is 8.78 Å². The van der Waals surface area contributed by atoms with Gasteiger partial charge in [-0.15, -0.1) is 0 Å². The molecule has 2 rings (SSSR count). The Hall–Kier alpha value is -2.45. The number of carbonyl (C=O) groups excluding carboxylic acids is 1. The van der Waals surface area contributed by atoms with Gasteiger partial charge in [-0.1, -0.05) is 24.3 Å². The monoisotopic (exact) mass is 410 g/mol. The number of hydrogen-bond acceptors (Lipinski definition) is 1. The van der Waals surface area contributed by atoms with Crippen molar-refractivity contribution in [2.24, 2.45) is 0 Å². The van der Waals surface area contributed by atoms with Gasteiger partial charge in [0.05, 0.1) is 23.0 Å². The molecule has 0 spiro atoms. The first-order valence-corrected chi connectivity index (χ1v) is 7.99. The number of carbonyl (C=O) groups is 1. The summed E-state index contributed by atoms with van der Waals surface area (Å²) in [5.41, 5.74) is -2.14. The molecule has 0 saturated carbocycles. The molecule has 0 N–H and O–H groups in total. The van der Waals surface area contributed by atoms with Crippen molar-refractivity contribution < 1.29 is 39.9 Å². The highest BCUT2D eigenvalue weighted by atomic mass is 19.4. The molecule has 9 heteroatoms. The van der Waals surface area contributed by atoms with E-state index in [1.54, 1.807) is 0 Å². The van der Waals surface area contributed by atoms with Crippen LogP contribution in [0.3, 0.4) is 0 Å². The fourth-order valence-corrected chi connectivity index (χ4v) is 2.71. The Morgan fingerprint density at radius 3 is 1.14 bits per heavy atom. The summed E-state index contributed by atoms with van der Waals surface area (Å²) in [5.74, 6) is -4.04. The third-order valence-electron chi connectivity index (χ3n) is 4.28. The molecule has 0 amide bonds. The zero-order valence-corrected chi connectivity index (χ0v) is 14.1. The molecule has 0 heterocycles. The molecule has 152 valence electrons. The highest BCUT2D eigenvalue weighted by molar-refractivity contribution is 5.92. The van der Waals surface area contributed by atoms with Gasteiger partial charge in [-0.3, -0.25) is 4.79 Å². The van der Waals surface area contributed by atoms with Crippen molar-refractivity contribution in [2.45, 2.75) is 24.2 Å². The van der Waals surface area contributed by atoms with Crippen LogP contribution in [0.1, 0.15) is 34.1 Å². The Morgan fingerprint density at radius 1 is 0.643 bits per heavy atom. The topological polar surface area (TPSA) is 17.1 Å². The molecule has 0 saturated heterocycles. The maximum absolute atomic E-state index is 13.4. The minimum absolute atomic E-state index is 0.0779. The number of rotatable bonds is 6. The molecule has 2 aromatic carbocycles. The van der Waals surface area contributed by atoms with E-state index in [2.05, 4.69) is 0 Å². The van der Waals surface area contributed by atoms with Crippen LogP contribution in [0, 0.1) is 0 Å². The lowest BCUT2D eigenvalue weighted by atomic mass is 9.84. The van der Waals surface area contributed by atoms with Crippen molar-refractivity contribution in [1.29, 1.82) is 0 Å². The fourth-order valence-electron chi connectivity index (χ4n) is 2.71. The van der Waals surface area contributed by atoms with Crippen LogP contribution in [0.5, 0.6) is 0 Å². The average molecular weight is 410 g/mol. The molecular weight excluding hydrogens is 396 g/mol. The lowest BCUT2D eigenvalue weighted by Crippen LogP contribution is -2.24. The highest BCUT2D eigenvalue weighted by Gasteiger charge is 2.34. The van der Waals surface area contributed by atoms with Gasteiger partial charge in [0.2, 0.25) is 0 Å².